The van der Waals surface area contributed by atoms with Gasteiger partial charge < -0.3 is 9.88 Å². The van der Waals surface area contributed by atoms with E-state index in [-0.39, 0.29) is 11.5 Å². The van der Waals surface area contributed by atoms with Gasteiger partial charge in [-0.15, -0.1) is 0 Å². The quantitative estimate of drug-likeness (QED) is 0.915. The van der Waals surface area contributed by atoms with Crippen molar-refractivity contribution in [3.05, 3.63) is 69.6 Å². The van der Waals surface area contributed by atoms with Crippen LogP contribution in [0.5, 0.6) is 0 Å². The first kappa shape index (κ1) is 17.0. The fraction of sp³-hybridized carbons (Fsp3) is 0.429. The molecule has 0 spiro atoms. The van der Waals surface area contributed by atoms with Gasteiger partial charge in [0.2, 0.25) is 5.91 Å². The zero-order chi connectivity index (χ0) is 18.1. The Morgan fingerprint density at radius 2 is 1.92 bits per heavy atom. The summed E-state index contributed by atoms with van der Waals surface area (Å²) in [4.78, 5) is 26.7. The Morgan fingerprint density at radius 3 is 2.73 bits per heavy atom. The number of nitrogens with zero attached hydrogens (tertiary/aromatic N) is 2. The maximum absolute atomic E-state index is 12.4. The average Bonchev–Trinajstić information content (AvgIpc) is 2.62. The van der Waals surface area contributed by atoms with Crippen LogP contribution in [0.15, 0.2) is 47.3 Å². The molecule has 1 aromatic carbocycles. The number of likely N-dealkylation sites (tertiary alicyclic amines) is 1. The minimum Gasteiger partial charge on any atom is -0.351 e. The third kappa shape index (κ3) is 3.58. The van der Waals surface area contributed by atoms with Crippen molar-refractivity contribution in [1.29, 1.82) is 0 Å². The number of benzene rings is 1. The molecule has 1 amide bonds. The molecule has 1 saturated heterocycles. The molecule has 2 aromatic rings. The second-order valence-electron chi connectivity index (χ2n) is 7.65. The molecule has 5 nitrogen and oxygen atoms in total. The third-order valence-electron chi connectivity index (χ3n) is 5.53. The summed E-state index contributed by atoms with van der Waals surface area (Å²) in [5.41, 5.74) is 3.56. The highest BCUT2D eigenvalue weighted by Gasteiger charge is 2.34. The monoisotopic (exact) mass is 351 g/mol. The first-order chi connectivity index (χ1) is 12.6. The zero-order valence-corrected chi connectivity index (χ0v) is 15.1. The van der Waals surface area contributed by atoms with Crippen LogP contribution in [-0.4, -0.2) is 35.0 Å². The van der Waals surface area contributed by atoms with Crippen molar-refractivity contribution < 1.29 is 4.79 Å². The fourth-order valence-corrected chi connectivity index (χ4v) is 4.29. The van der Waals surface area contributed by atoms with Crippen molar-refractivity contribution in [1.82, 2.24) is 14.8 Å². The van der Waals surface area contributed by atoms with Gasteiger partial charge in [0.05, 0.1) is 6.54 Å². The van der Waals surface area contributed by atoms with Gasteiger partial charge in [-0.2, -0.15) is 0 Å². The fourth-order valence-electron chi connectivity index (χ4n) is 4.29. The molecule has 0 radical (unpaired) electrons. The number of hydrogen-bond acceptors (Lipinski definition) is 3. The summed E-state index contributed by atoms with van der Waals surface area (Å²) in [7, 11) is 0. The summed E-state index contributed by atoms with van der Waals surface area (Å²) in [6.45, 7) is 5.55. The van der Waals surface area contributed by atoms with Gasteiger partial charge in [-0.3, -0.25) is 14.5 Å². The molecule has 2 unspecified atom stereocenters. The molecular weight excluding hydrogens is 326 g/mol. The maximum Gasteiger partial charge on any atom is 0.250 e. The van der Waals surface area contributed by atoms with E-state index >= 15 is 0 Å². The van der Waals surface area contributed by atoms with Crippen LogP contribution in [0.3, 0.4) is 0 Å². The van der Waals surface area contributed by atoms with Gasteiger partial charge in [0.1, 0.15) is 0 Å². The van der Waals surface area contributed by atoms with Gasteiger partial charge in [-0.25, -0.2) is 0 Å². The van der Waals surface area contributed by atoms with Crippen LogP contribution in [0.25, 0.3) is 0 Å². The van der Waals surface area contributed by atoms with Crippen molar-refractivity contribution in [2.24, 2.45) is 5.92 Å². The molecular formula is C21H25N3O2. The second kappa shape index (κ2) is 7.08. The smallest absolute Gasteiger partial charge is 0.250 e. The Balaban J connectivity index is 1.36. The number of piperidine rings is 1. The Labute approximate surface area is 153 Å². The van der Waals surface area contributed by atoms with Crippen LogP contribution in [0.1, 0.15) is 29.2 Å². The standard InChI is InChI=1S/C21H25N3O2/c1-15-5-7-16(8-6-15)10-22-20(25)14-23-11-17-9-18(13-23)19-3-2-4-21(26)24(19)12-17/h2-8,17-18H,9-14H2,1H3,(H,22,25). The zero-order valence-electron chi connectivity index (χ0n) is 15.1. The minimum absolute atomic E-state index is 0.0657. The number of aryl methyl sites for hydroxylation is 1. The van der Waals surface area contributed by atoms with E-state index in [1.54, 1.807) is 6.07 Å². The second-order valence-corrected chi connectivity index (χ2v) is 7.65. The van der Waals surface area contributed by atoms with Crippen LogP contribution in [0, 0.1) is 12.8 Å². The summed E-state index contributed by atoms with van der Waals surface area (Å²) < 4.78 is 1.92. The van der Waals surface area contributed by atoms with E-state index in [1.165, 1.54) is 5.56 Å². The first-order valence-corrected chi connectivity index (χ1v) is 9.33. The molecule has 4 rings (SSSR count). The van der Waals surface area contributed by atoms with Crippen LogP contribution in [0.2, 0.25) is 0 Å². The van der Waals surface area contributed by atoms with Crippen molar-refractivity contribution in [3.63, 3.8) is 0 Å². The van der Waals surface area contributed by atoms with Crippen molar-refractivity contribution in [3.8, 4) is 0 Å². The van der Waals surface area contributed by atoms with Gasteiger partial charge in [-0.05, 0) is 30.9 Å². The van der Waals surface area contributed by atoms with Gasteiger partial charge in [-0.1, -0.05) is 35.9 Å². The molecule has 2 atom stereocenters. The average molecular weight is 351 g/mol. The van der Waals surface area contributed by atoms with Crippen molar-refractivity contribution >= 4 is 5.91 Å². The summed E-state index contributed by atoms with van der Waals surface area (Å²) in [6, 6.07) is 13.8. The Kier molecular flexibility index (Phi) is 4.64. The molecule has 26 heavy (non-hydrogen) atoms. The predicted octanol–water partition coefficient (Wildman–Crippen LogP) is 1.89. The number of aromatic nitrogens is 1. The highest BCUT2D eigenvalue weighted by molar-refractivity contribution is 5.78. The molecule has 3 heterocycles. The molecule has 1 N–H and O–H groups in total. The van der Waals surface area contributed by atoms with Crippen molar-refractivity contribution in [2.75, 3.05) is 19.6 Å². The van der Waals surface area contributed by atoms with Gasteiger partial charge in [0.25, 0.3) is 5.56 Å². The molecule has 5 heteroatoms. The van der Waals surface area contributed by atoms with E-state index in [1.807, 2.05) is 10.6 Å². The van der Waals surface area contributed by atoms with Crippen LogP contribution >= 0.6 is 0 Å². The topological polar surface area (TPSA) is 54.3 Å². The van der Waals surface area contributed by atoms with E-state index in [2.05, 4.69) is 47.5 Å². The normalized spacial score (nSPS) is 21.9. The Hall–Kier alpha value is -2.40. The Bertz CT molecular complexity index is 856. The summed E-state index contributed by atoms with van der Waals surface area (Å²) >= 11 is 0. The molecule has 136 valence electrons. The maximum atomic E-state index is 12.4. The molecule has 2 aliphatic heterocycles. The highest BCUT2D eigenvalue weighted by Crippen LogP contribution is 2.34. The number of carbonyl (C=O) groups is 1. The molecule has 0 aliphatic carbocycles. The third-order valence-corrected chi connectivity index (χ3v) is 5.53. The van der Waals surface area contributed by atoms with E-state index < -0.39 is 0 Å². The van der Waals surface area contributed by atoms with E-state index in [0.29, 0.717) is 24.9 Å². The minimum atomic E-state index is 0.0657. The summed E-state index contributed by atoms with van der Waals surface area (Å²) in [5, 5.41) is 3.02. The number of amides is 1. The molecule has 2 aliphatic rings. The Morgan fingerprint density at radius 1 is 1.12 bits per heavy atom. The summed E-state index contributed by atoms with van der Waals surface area (Å²) in [6.07, 6.45) is 1.12. The van der Waals surface area contributed by atoms with Crippen LogP contribution in [-0.2, 0) is 17.9 Å². The van der Waals surface area contributed by atoms with E-state index in [9.17, 15) is 9.59 Å². The molecule has 1 aromatic heterocycles. The number of carbonyl (C=O) groups excluding carboxylic acids is 1. The number of pyridine rings is 1. The summed E-state index contributed by atoms with van der Waals surface area (Å²) in [5.74, 6) is 0.864. The lowest BCUT2D eigenvalue weighted by atomic mass is 9.83. The lowest BCUT2D eigenvalue weighted by molar-refractivity contribution is -0.123. The lowest BCUT2D eigenvalue weighted by Gasteiger charge is -2.42. The first-order valence-electron chi connectivity index (χ1n) is 9.33. The number of rotatable bonds is 4. The molecule has 2 bridgehead atoms. The molecule has 0 saturated carbocycles. The van der Waals surface area contributed by atoms with E-state index in [4.69, 9.17) is 0 Å². The lowest BCUT2D eigenvalue weighted by Crippen LogP contribution is -2.49. The van der Waals surface area contributed by atoms with E-state index in [0.717, 1.165) is 37.3 Å². The number of hydrogen-bond donors (Lipinski definition) is 1. The molecule has 1 fully saturated rings. The van der Waals surface area contributed by atoms with Gasteiger partial charge in [0.15, 0.2) is 0 Å². The SMILES string of the molecule is Cc1ccc(CNC(=O)CN2CC3CC(C2)c2cccc(=O)n2C3)cc1. The largest absolute Gasteiger partial charge is 0.351 e. The van der Waals surface area contributed by atoms with Crippen LogP contribution in [0.4, 0.5) is 0 Å². The number of fused-ring (bicyclic) bond motifs is 4. The van der Waals surface area contributed by atoms with Crippen LogP contribution < -0.4 is 10.9 Å². The van der Waals surface area contributed by atoms with Gasteiger partial charge in [0, 0.05) is 43.9 Å². The predicted molar refractivity (Wildman–Crippen MR) is 101 cm³/mol. The van der Waals surface area contributed by atoms with Crippen molar-refractivity contribution in [2.45, 2.75) is 32.4 Å². The highest BCUT2D eigenvalue weighted by atomic mass is 16.2. The number of nitrogens with one attached hydrogen (secondary N) is 1. The van der Waals surface area contributed by atoms with Gasteiger partial charge >= 0.3 is 0 Å².